The molecule has 0 atom stereocenters. The van der Waals surface area contributed by atoms with Crippen molar-refractivity contribution in [1.82, 2.24) is 20.4 Å². The largest absolute Gasteiger partial charge is 0.482 e. The van der Waals surface area contributed by atoms with Crippen LogP contribution in [0.15, 0.2) is 36.4 Å². The molecule has 192 valence electrons. The zero-order valence-electron chi connectivity index (χ0n) is 18.6. The van der Waals surface area contributed by atoms with Crippen LogP contribution in [-0.4, -0.2) is 38.8 Å². The smallest absolute Gasteiger partial charge is 0.264 e. The monoisotopic (exact) mass is 616 g/mol. The lowest BCUT2D eigenvalue weighted by Crippen LogP contribution is -2.20. The molecule has 2 heterocycles. The summed E-state index contributed by atoms with van der Waals surface area (Å²) in [5, 5.41) is 25.2. The first-order valence-electron chi connectivity index (χ1n) is 10.5. The SMILES string of the molecule is O=C(CCc1ccc(Cl)cc1Cl)Nc1nnc(Cc2nnc(NC(=O)COc3ccc(Cl)cc3Cl)s2)s1. The Bertz CT molecular complexity index is 1330. The van der Waals surface area contributed by atoms with Crippen LogP contribution in [0.2, 0.25) is 20.1 Å². The Morgan fingerprint density at radius 1 is 0.784 bits per heavy atom. The summed E-state index contributed by atoms with van der Waals surface area (Å²) in [6.45, 7) is -0.264. The maximum absolute atomic E-state index is 12.3. The lowest BCUT2D eigenvalue weighted by atomic mass is 10.1. The third-order valence-electron chi connectivity index (χ3n) is 4.62. The van der Waals surface area contributed by atoms with E-state index in [2.05, 4.69) is 31.0 Å². The Hall–Kier alpha value is -2.54. The van der Waals surface area contributed by atoms with Gasteiger partial charge in [0.2, 0.25) is 16.2 Å². The second kappa shape index (κ2) is 12.8. The third kappa shape index (κ3) is 8.22. The van der Waals surface area contributed by atoms with Gasteiger partial charge in [0.25, 0.3) is 5.91 Å². The predicted octanol–water partition coefficient (Wildman–Crippen LogP) is 6.18. The lowest BCUT2D eigenvalue weighted by Gasteiger charge is -2.07. The van der Waals surface area contributed by atoms with Crippen molar-refractivity contribution in [2.75, 3.05) is 17.2 Å². The predicted molar refractivity (Wildman–Crippen MR) is 147 cm³/mol. The van der Waals surface area contributed by atoms with Crippen LogP contribution in [0.3, 0.4) is 0 Å². The number of aryl methyl sites for hydroxylation is 1. The molecule has 2 N–H and O–H groups in total. The van der Waals surface area contributed by atoms with Gasteiger partial charge in [-0.25, -0.2) is 0 Å². The van der Waals surface area contributed by atoms with Crippen molar-refractivity contribution in [3.8, 4) is 5.75 Å². The minimum Gasteiger partial charge on any atom is -0.482 e. The molecule has 0 bridgehead atoms. The first-order chi connectivity index (χ1) is 17.7. The number of carbonyl (C=O) groups is 2. The van der Waals surface area contributed by atoms with Gasteiger partial charge in [-0.1, -0.05) is 75.1 Å². The highest BCUT2D eigenvalue weighted by molar-refractivity contribution is 7.16. The molecule has 0 fully saturated rings. The highest BCUT2D eigenvalue weighted by Crippen LogP contribution is 2.28. The molecule has 0 radical (unpaired) electrons. The number of nitrogens with one attached hydrogen (secondary N) is 2. The number of amides is 2. The van der Waals surface area contributed by atoms with Gasteiger partial charge in [-0.15, -0.1) is 20.4 Å². The van der Waals surface area contributed by atoms with Crippen molar-refractivity contribution in [3.63, 3.8) is 0 Å². The summed E-state index contributed by atoms with van der Waals surface area (Å²) in [4.78, 5) is 24.5. The van der Waals surface area contributed by atoms with Gasteiger partial charge >= 0.3 is 0 Å². The van der Waals surface area contributed by atoms with E-state index < -0.39 is 5.91 Å². The Morgan fingerprint density at radius 2 is 1.38 bits per heavy atom. The molecule has 37 heavy (non-hydrogen) atoms. The zero-order valence-corrected chi connectivity index (χ0v) is 23.3. The van der Waals surface area contributed by atoms with Gasteiger partial charge in [-0.05, 0) is 42.3 Å². The van der Waals surface area contributed by atoms with Gasteiger partial charge in [-0.3, -0.25) is 14.9 Å². The summed E-state index contributed by atoms with van der Waals surface area (Å²) < 4.78 is 5.41. The zero-order chi connectivity index (χ0) is 26.4. The molecule has 0 saturated carbocycles. The molecule has 4 aromatic rings. The summed E-state index contributed by atoms with van der Waals surface area (Å²) in [7, 11) is 0. The molecule has 0 aliphatic carbocycles. The minimum atomic E-state index is -0.422. The van der Waals surface area contributed by atoms with Crippen LogP contribution in [0.5, 0.6) is 5.75 Å². The average Bonchev–Trinajstić information content (AvgIpc) is 3.47. The van der Waals surface area contributed by atoms with Crippen molar-refractivity contribution >= 4 is 91.2 Å². The van der Waals surface area contributed by atoms with E-state index in [4.69, 9.17) is 51.1 Å². The number of ether oxygens (including phenoxy) is 1. The van der Waals surface area contributed by atoms with E-state index in [-0.39, 0.29) is 18.9 Å². The molecule has 2 aromatic heterocycles. The number of aromatic nitrogens is 4. The van der Waals surface area contributed by atoms with Gasteiger partial charge in [0, 0.05) is 21.5 Å². The quantitative estimate of drug-likeness (QED) is 0.218. The van der Waals surface area contributed by atoms with Crippen LogP contribution >= 0.6 is 69.1 Å². The number of benzene rings is 2. The lowest BCUT2D eigenvalue weighted by molar-refractivity contribution is -0.118. The second-order valence-electron chi connectivity index (χ2n) is 7.37. The fourth-order valence-electron chi connectivity index (χ4n) is 2.93. The molecular weight excluding hydrogens is 602 g/mol. The van der Waals surface area contributed by atoms with Crippen LogP contribution in [0.4, 0.5) is 10.3 Å². The van der Waals surface area contributed by atoms with Crippen molar-refractivity contribution < 1.29 is 14.3 Å². The van der Waals surface area contributed by atoms with E-state index in [1.54, 1.807) is 30.3 Å². The maximum Gasteiger partial charge on any atom is 0.264 e. The van der Waals surface area contributed by atoms with E-state index >= 15 is 0 Å². The third-order valence-corrected chi connectivity index (χ3v) is 7.41. The molecule has 0 aliphatic rings. The van der Waals surface area contributed by atoms with Crippen LogP contribution in [0.25, 0.3) is 0 Å². The fourth-order valence-corrected chi connectivity index (χ4v) is 5.50. The molecule has 15 heteroatoms. The van der Waals surface area contributed by atoms with Crippen molar-refractivity contribution in [3.05, 3.63) is 72.1 Å². The average molecular weight is 618 g/mol. The van der Waals surface area contributed by atoms with Crippen molar-refractivity contribution in [1.29, 1.82) is 0 Å². The Morgan fingerprint density at radius 3 is 2.00 bits per heavy atom. The van der Waals surface area contributed by atoms with Gasteiger partial charge < -0.3 is 10.1 Å². The molecule has 4 rings (SSSR count). The number of hydrogen-bond acceptors (Lipinski definition) is 9. The second-order valence-corrected chi connectivity index (χ2v) is 11.2. The number of carbonyl (C=O) groups excluding carboxylic acids is 2. The van der Waals surface area contributed by atoms with E-state index in [1.165, 1.54) is 28.7 Å². The number of rotatable bonds is 10. The molecule has 0 saturated heterocycles. The van der Waals surface area contributed by atoms with Crippen molar-refractivity contribution in [2.24, 2.45) is 0 Å². The highest BCUT2D eigenvalue weighted by Gasteiger charge is 2.14. The number of hydrogen-bond donors (Lipinski definition) is 2. The highest BCUT2D eigenvalue weighted by atomic mass is 35.5. The summed E-state index contributed by atoms with van der Waals surface area (Å²) in [6.07, 6.45) is 1.03. The van der Waals surface area contributed by atoms with E-state index in [0.717, 1.165) is 5.56 Å². The normalized spacial score (nSPS) is 10.8. The fraction of sp³-hybridized carbons (Fsp3) is 0.182. The number of nitrogens with zero attached hydrogens (tertiary/aromatic N) is 4. The Labute approximate surface area is 239 Å². The first-order valence-corrected chi connectivity index (χ1v) is 13.7. The van der Waals surface area contributed by atoms with Crippen LogP contribution in [0.1, 0.15) is 22.0 Å². The van der Waals surface area contributed by atoms with E-state index in [0.29, 0.717) is 59.0 Å². The summed E-state index contributed by atoms with van der Waals surface area (Å²) in [6, 6.07) is 9.88. The maximum atomic E-state index is 12.3. The summed E-state index contributed by atoms with van der Waals surface area (Å²) >= 11 is 26.3. The van der Waals surface area contributed by atoms with Gasteiger partial charge in [0.05, 0.1) is 11.4 Å². The molecule has 0 aliphatic heterocycles. The molecule has 0 unspecified atom stereocenters. The van der Waals surface area contributed by atoms with Crippen LogP contribution in [0, 0.1) is 0 Å². The van der Waals surface area contributed by atoms with Crippen LogP contribution < -0.4 is 15.4 Å². The topological polar surface area (TPSA) is 119 Å². The Kier molecular flexibility index (Phi) is 9.52. The molecule has 2 amide bonds. The van der Waals surface area contributed by atoms with Gasteiger partial charge in [0.1, 0.15) is 15.8 Å². The van der Waals surface area contributed by atoms with E-state index in [1.807, 2.05) is 0 Å². The van der Waals surface area contributed by atoms with Gasteiger partial charge in [0.15, 0.2) is 6.61 Å². The standard InChI is InChI=1S/C22H16Cl4N6O3S2/c23-12-3-1-11(14(25)7-12)2-6-17(33)27-21-31-29-19(36-21)9-20-30-32-22(37-20)28-18(34)10-35-16-5-4-13(24)8-15(16)26/h1,3-5,7-8H,2,6,9-10H2,(H,27,31,33)(H,28,32,34). The van der Waals surface area contributed by atoms with Crippen LogP contribution in [-0.2, 0) is 22.4 Å². The Balaban J connectivity index is 1.23. The molecule has 0 spiro atoms. The number of anilines is 2. The summed E-state index contributed by atoms with van der Waals surface area (Å²) in [5.41, 5.74) is 0.832. The molecule has 2 aromatic carbocycles. The minimum absolute atomic E-state index is 0.211. The van der Waals surface area contributed by atoms with Crippen molar-refractivity contribution in [2.45, 2.75) is 19.3 Å². The van der Waals surface area contributed by atoms with Gasteiger partial charge in [-0.2, -0.15) is 0 Å². The molecular formula is C22H16Cl4N6O3S2. The first kappa shape index (κ1) is 27.5. The van der Waals surface area contributed by atoms with E-state index in [9.17, 15) is 9.59 Å². The number of halogens is 4. The molecule has 9 nitrogen and oxygen atoms in total. The summed E-state index contributed by atoms with van der Waals surface area (Å²) in [5.74, 6) is -0.293.